The molecule has 1 fully saturated rings. The summed E-state index contributed by atoms with van der Waals surface area (Å²) in [5, 5.41) is 6.64. The van der Waals surface area contributed by atoms with Gasteiger partial charge in [0.2, 0.25) is 5.88 Å². The second kappa shape index (κ2) is 12.6. The molecular formula is C21H29FIN5O. The zero-order chi connectivity index (χ0) is 19.6. The highest BCUT2D eigenvalue weighted by atomic mass is 127. The number of nitrogens with zero attached hydrogens (tertiary/aromatic N) is 3. The van der Waals surface area contributed by atoms with E-state index in [9.17, 15) is 4.39 Å². The third kappa shape index (κ3) is 7.77. The van der Waals surface area contributed by atoms with E-state index in [0.29, 0.717) is 18.2 Å². The van der Waals surface area contributed by atoms with Crippen molar-refractivity contribution in [3.8, 4) is 11.6 Å². The van der Waals surface area contributed by atoms with E-state index in [1.165, 1.54) is 44.5 Å². The lowest BCUT2D eigenvalue weighted by Crippen LogP contribution is -2.42. The maximum Gasteiger partial charge on any atom is 0.224 e. The second-order valence-corrected chi connectivity index (χ2v) is 6.78. The molecule has 0 radical (unpaired) electrons. The van der Waals surface area contributed by atoms with Crippen LogP contribution in [0, 0.1) is 5.82 Å². The first-order valence-electron chi connectivity index (χ1n) is 9.79. The molecule has 0 spiro atoms. The van der Waals surface area contributed by atoms with Crippen molar-refractivity contribution in [3.63, 3.8) is 0 Å². The van der Waals surface area contributed by atoms with Crippen LogP contribution in [0.4, 0.5) is 4.39 Å². The maximum atomic E-state index is 13.4. The highest BCUT2D eigenvalue weighted by Crippen LogP contribution is 2.23. The van der Waals surface area contributed by atoms with Gasteiger partial charge in [0.25, 0.3) is 0 Å². The van der Waals surface area contributed by atoms with Crippen LogP contribution >= 0.6 is 24.0 Å². The third-order valence-corrected chi connectivity index (χ3v) is 4.70. The van der Waals surface area contributed by atoms with E-state index in [1.807, 2.05) is 12.1 Å². The molecule has 2 aromatic rings. The predicted octanol–water partition coefficient (Wildman–Crippen LogP) is 3.78. The van der Waals surface area contributed by atoms with E-state index in [1.54, 1.807) is 25.4 Å². The molecule has 1 aliphatic rings. The molecule has 2 heterocycles. The number of halogens is 2. The van der Waals surface area contributed by atoms with Crippen molar-refractivity contribution >= 4 is 29.9 Å². The smallest absolute Gasteiger partial charge is 0.224 e. The Morgan fingerprint density at radius 2 is 2.00 bits per heavy atom. The summed E-state index contributed by atoms with van der Waals surface area (Å²) in [6.45, 7) is 4.73. The highest BCUT2D eigenvalue weighted by Gasteiger charge is 2.10. The molecule has 0 unspecified atom stereocenters. The van der Waals surface area contributed by atoms with Crippen LogP contribution in [0.2, 0.25) is 0 Å². The minimum absolute atomic E-state index is 0. The zero-order valence-electron chi connectivity index (χ0n) is 16.7. The van der Waals surface area contributed by atoms with E-state index in [4.69, 9.17) is 4.74 Å². The lowest BCUT2D eigenvalue weighted by molar-refractivity contribution is 0.232. The van der Waals surface area contributed by atoms with Crippen LogP contribution in [0.25, 0.3) is 0 Å². The van der Waals surface area contributed by atoms with E-state index in [-0.39, 0.29) is 29.8 Å². The summed E-state index contributed by atoms with van der Waals surface area (Å²) in [7, 11) is 1.75. The third-order valence-electron chi connectivity index (χ3n) is 4.70. The zero-order valence-corrected chi connectivity index (χ0v) is 19.1. The molecule has 2 N–H and O–H groups in total. The van der Waals surface area contributed by atoms with Crippen molar-refractivity contribution in [1.29, 1.82) is 0 Å². The maximum absolute atomic E-state index is 13.4. The first-order valence-corrected chi connectivity index (χ1v) is 9.79. The predicted molar refractivity (Wildman–Crippen MR) is 125 cm³/mol. The number of aliphatic imine (C=N–C) groups is 1. The molecule has 0 saturated carbocycles. The van der Waals surface area contributed by atoms with Gasteiger partial charge in [0, 0.05) is 44.5 Å². The van der Waals surface area contributed by atoms with E-state index < -0.39 is 0 Å². The topological polar surface area (TPSA) is 61.8 Å². The molecular weight excluding hydrogens is 484 g/mol. The molecule has 3 rings (SSSR count). The number of hydrogen-bond donors (Lipinski definition) is 2. The van der Waals surface area contributed by atoms with Gasteiger partial charge in [0.1, 0.15) is 11.6 Å². The van der Waals surface area contributed by atoms with Crippen LogP contribution in [-0.2, 0) is 6.54 Å². The Kier molecular flexibility index (Phi) is 10.1. The minimum atomic E-state index is -0.341. The number of nitrogens with one attached hydrogen (secondary N) is 2. The first kappa shape index (κ1) is 23.3. The van der Waals surface area contributed by atoms with Gasteiger partial charge in [0.15, 0.2) is 5.96 Å². The van der Waals surface area contributed by atoms with Gasteiger partial charge < -0.3 is 20.3 Å². The molecule has 29 heavy (non-hydrogen) atoms. The fourth-order valence-corrected chi connectivity index (χ4v) is 3.21. The van der Waals surface area contributed by atoms with Crippen molar-refractivity contribution in [2.75, 3.05) is 33.2 Å². The van der Waals surface area contributed by atoms with E-state index in [0.717, 1.165) is 24.6 Å². The SMILES string of the molecule is CN=C(NCCN1CCCCC1)NCc1cccnc1Oc1cccc(F)c1.I. The Bertz CT molecular complexity index is 783. The molecule has 0 bridgehead atoms. The number of piperidine rings is 1. The second-order valence-electron chi connectivity index (χ2n) is 6.78. The quantitative estimate of drug-likeness (QED) is 0.335. The van der Waals surface area contributed by atoms with Crippen LogP contribution in [0.5, 0.6) is 11.6 Å². The summed E-state index contributed by atoms with van der Waals surface area (Å²) in [4.78, 5) is 11.0. The largest absolute Gasteiger partial charge is 0.439 e. The molecule has 158 valence electrons. The normalized spacial score (nSPS) is 14.8. The summed E-state index contributed by atoms with van der Waals surface area (Å²) in [6.07, 6.45) is 5.59. The number of ether oxygens (including phenoxy) is 1. The van der Waals surface area contributed by atoms with Crippen LogP contribution in [0.1, 0.15) is 24.8 Å². The Hall–Kier alpha value is -1.94. The minimum Gasteiger partial charge on any atom is -0.439 e. The molecule has 1 aromatic heterocycles. The molecule has 1 aromatic carbocycles. The van der Waals surface area contributed by atoms with Crippen LogP contribution in [0.3, 0.4) is 0 Å². The van der Waals surface area contributed by atoms with Crippen molar-refractivity contribution in [2.45, 2.75) is 25.8 Å². The Morgan fingerprint density at radius 3 is 2.76 bits per heavy atom. The van der Waals surface area contributed by atoms with E-state index >= 15 is 0 Å². The number of benzene rings is 1. The summed E-state index contributed by atoms with van der Waals surface area (Å²) in [6, 6.07) is 9.81. The van der Waals surface area contributed by atoms with Crippen LogP contribution in [-0.4, -0.2) is 49.1 Å². The Morgan fingerprint density at radius 1 is 1.17 bits per heavy atom. The van der Waals surface area contributed by atoms with Gasteiger partial charge in [-0.25, -0.2) is 9.37 Å². The molecule has 0 atom stereocenters. The standard InChI is InChI=1S/C21H28FN5O.HI/c1-23-21(25-11-14-27-12-3-2-4-13-27)26-16-17-7-6-10-24-20(17)28-19-9-5-8-18(22)15-19;/h5-10,15H,2-4,11-14,16H2,1H3,(H2,23,25,26);1H. The van der Waals surface area contributed by atoms with Crippen LogP contribution < -0.4 is 15.4 Å². The molecule has 0 amide bonds. The molecule has 1 aliphatic heterocycles. The Balaban J connectivity index is 0.00000300. The van der Waals surface area contributed by atoms with Gasteiger partial charge in [-0.1, -0.05) is 18.6 Å². The molecule has 8 heteroatoms. The summed E-state index contributed by atoms with van der Waals surface area (Å²) < 4.78 is 19.1. The monoisotopic (exact) mass is 513 g/mol. The lowest BCUT2D eigenvalue weighted by Gasteiger charge is -2.26. The van der Waals surface area contributed by atoms with Crippen LogP contribution in [0.15, 0.2) is 47.6 Å². The van der Waals surface area contributed by atoms with Crippen molar-refractivity contribution in [2.24, 2.45) is 4.99 Å². The van der Waals surface area contributed by atoms with Crippen molar-refractivity contribution in [1.82, 2.24) is 20.5 Å². The number of aromatic nitrogens is 1. The number of guanidine groups is 1. The van der Waals surface area contributed by atoms with Crippen molar-refractivity contribution < 1.29 is 9.13 Å². The van der Waals surface area contributed by atoms with Gasteiger partial charge in [-0.3, -0.25) is 4.99 Å². The fraction of sp³-hybridized carbons (Fsp3) is 0.429. The number of pyridine rings is 1. The first-order chi connectivity index (χ1) is 13.7. The average molecular weight is 513 g/mol. The van der Waals surface area contributed by atoms with Gasteiger partial charge in [-0.15, -0.1) is 24.0 Å². The summed E-state index contributed by atoms with van der Waals surface area (Å²) in [5.74, 6) is 1.26. The van der Waals surface area contributed by atoms with Gasteiger partial charge in [-0.2, -0.15) is 0 Å². The summed E-state index contributed by atoms with van der Waals surface area (Å²) in [5.41, 5.74) is 0.866. The molecule has 6 nitrogen and oxygen atoms in total. The Labute approximate surface area is 189 Å². The van der Waals surface area contributed by atoms with E-state index in [2.05, 4.69) is 25.5 Å². The fourth-order valence-electron chi connectivity index (χ4n) is 3.21. The number of rotatable bonds is 7. The lowest BCUT2D eigenvalue weighted by atomic mass is 10.1. The van der Waals surface area contributed by atoms with Gasteiger partial charge >= 0.3 is 0 Å². The number of likely N-dealkylation sites (tertiary alicyclic amines) is 1. The average Bonchev–Trinajstić information content (AvgIpc) is 2.72. The van der Waals surface area contributed by atoms with Gasteiger partial charge in [-0.05, 0) is 44.1 Å². The number of hydrogen-bond acceptors (Lipinski definition) is 4. The summed E-state index contributed by atoms with van der Waals surface area (Å²) >= 11 is 0. The molecule has 0 aliphatic carbocycles. The van der Waals surface area contributed by atoms with Crippen molar-refractivity contribution in [3.05, 3.63) is 54.0 Å². The highest BCUT2D eigenvalue weighted by molar-refractivity contribution is 14.0. The van der Waals surface area contributed by atoms with Gasteiger partial charge in [0.05, 0.1) is 0 Å². The molecule has 1 saturated heterocycles.